The number of quaternary nitrogens is 1. The molecular formula is C43H86NO8P. The third-order valence-corrected chi connectivity index (χ3v) is 10.8. The fraction of sp³-hybridized carbons (Fsp3) is 0.953. The Balaban J connectivity index is 4.24. The highest BCUT2D eigenvalue weighted by atomic mass is 31.2. The summed E-state index contributed by atoms with van der Waals surface area (Å²) in [5.41, 5.74) is 0. The van der Waals surface area contributed by atoms with Gasteiger partial charge in [-0.3, -0.25) is 14.2 Å². The molecule has 0 fully saturated rings. The molecule has 0 saturated carbocycles. The second-order valence-corrected chi connectivity index (χ2v) is 17.8. The van der Waals surface area contributed by atoms with Crippen molar-refractivity contribution in [1.82, 2.24) is 0 Å². The van der Waals surface area contributed by atoms with Crippen molar-refractivity contribution >= 4 is 19.8 Å². The summed E-state index contributed by atoms with van der Waals surface area (Å²) >= 11 is 0. The average Bonchev–Trinajstić information content (AvgIpc) is 3.10. The highest BCUT2D eigenvalue weighted by molar-refractivity contribution is 7.45. The van der Waals surface area contributed by atoms with E-state index < -0.39 is 26.5 Å². The molecule has 0 aromatic heterocycles. The Morgan fingerprint density at radius 3 is 1.21 bits per heavy atom. The van der Waals surface area contributed by atoms with Gasteiger partial charge >= 0.3 is 11.9 Å². The Labute approximate surface area is 327 Å². The summed E-state index contributed by atoms with van der Waals surface area (Å²) < 4.78 is 33.9. The maximum Gasteiger partial charge on any atom is 0.306 e. The lowest BCUT2D eigenvalue weighted by molar-refractivity contribution is -0.870. The van der Waals surface area contributed by atoms with Crippen molar-refractivity contribution in [3.63, 3.8) is 0 Å². The van der Waals surface area contributed by atoms with Crippen LogP contribution in [0.25, 0.3) is 0 Å². The fourth-order valence-electron chi connectivity index (χ4n) is 6.36. The van der Waals surface area contributed by atoms with E-state index in [-0.39, 0.29) is 32.0 Å². The summed E-state index contributed by atoms with van der Waals surface area (Å²) in [5, 5.41) is 0. The van der Waals surface area contributed by atoms with Crippen molar-refractivity contribution in [2.45, 2.75) is 219 Å². The van der Waals surface area contributed by atoms with Crippen LogP contribution in [0.15, 0.2) is 0 Å². The van der Waals surface area contributed by atoms with E-state index in [9.17, 15) is 19.0 Å². The summed E-state index contributed by atoms with van der Waals surface area (Å²) in [4.78, 5) is 37.4. The van der Waals surface area contributed by atoms with E-state index in [1.165, 1.54) is 148 Å². The topological polar surface area (TPSA) is 111 Å². The van der Waals surface area contributed by atoms with E-state index in [2.05, 4.69) is 13.8 Å². The lowest BCUT2D eigenvalue weighted by atomic mass is 10.0. The fourth-order valence-corrected chi connectivity index (χ4v) is 7.09. The minimum atomic E-state index is -4.61. The van der Waals surface area contributed by atoms with Crippen molar-refractivity contribution in [3.8, 4) is 0 Å². The molecule has 2 atom stereocenters. The maximum absolute atomic E-state index is 12.7. The van der Waals surface area contributed by atoms with Gasteiger partial charge in [0.15, 0.2) is 6.10 Å². The lowest BCUT2D eigenvalue weighted by Gasteiger charge is -2.28. The van der Waals surface area contributed by atoms with Gasteiger partial charge in [0.1, 0.15) is 19.8 Å². The predicted octanol–water partition coefficient (Wildman–Crippen LogP) is 11.8. The van der Waals surface area contributed by atoms with Crippen LogP contribution in [0.2, 0.25) is 0 Å². The van der Waals surface area contributed by atoms with Gasteiger partial charge in [0.2, 0.25) is 0 Å². The Kier molecular flexibility index (Phi) is 36.0. The van der Waals surface area contributed by atoms with Gasteiger partial charge in [-0.2, -0.15) is 0 Å². The summed E-state index contributed by atoms with van der Waals surface area (Å²) in [6.07, 6.45) is 35.6. The number of rotatable bonds is 41. The van der Waals surface area contributed by atoms with Crippen LogP contribution in [0.5, 0.6) is 0 Å². The first-order valence-corrected chi connectivity index (χ1v) is 23.7. The standard InChI is InChI=1S/C43H86NO8P/c1-6-8-10-12-14-16-18-19-20-21-22-23-24-25-26-28-30-32-34-36-43(46)52-41(40-51-53(47,48)50-38-37-44(3,4)5)39-49-42(45)35-33-31-29-27-17-15-13-11-9-7-2/h41H,6-40H2,1-5H3. The molecular weight excluding hydrogens is 689 g/mol. The summed E-state index contributed by atoms with van der Waals surface area (Å²) in [6, 6.07) is 0. The molecule has 0 N–H and O–H groups in total. The molecule has 0 amide bonds. The number of phosphoric acid groups is 1. The molecule has 0 aromatic carbocycles. The number of ether oxygens (including phenoxy) is 2. The zero-order valence-corrected chi connectivity index (χ0v) is 36.4. The molecule has 0 aliphatic rings. The number of likely N-dealkylation sites (N-methyl/N-ethyl adjacent to an activating group) is 1. The van der Waals surface area contributed by atoms with Crippen molar-refractivity contribution in [2.24, 2.45) is 0 Å². The van der Waals surface area contributed by atoms with E-state index in [0.717, 1.165) is 32.1 Å². The SMILES string of the molecule is CCCCCCCCCCCCCCCCCCCCCC(=O)OC(COC(=O)CCCCCCCCCCCC)COP(=O)([O-])OCC[N+](C)(C)C. The number of carbonyl (C=O) groups excluding carboxylic acids is 2. The van der Waals surface area contributed by atoms with Crippen LogP contribution in [-0.4, -0.2) is 70.0 Å². The number of unbranched alkanes of at least 4 members (excludes halogenated alkanes) is 27. The first kappa shape index (κ1) is 52.0. The van der Waals surface area contributed by atoms with E-state index >= 15 is 0 Å². The van der Waals surface area contributed by atoms with Crippen molar-refractivity contribution in [1.29, 1.82) is 0 Å². The Hall–Kier alpha value is -0.990. The lowest BCUT2D eigenvalue weighted by Crippen LogP contribution is -2.37. The van der Waals surface area contributed by atoms with E-state index in [4.69, 9.17) is 18.5 Å². The minimum Gasteiger partial charge on any atom is -0.756 e. The normalized spacial score (nSPS) is 13.5. The third-order valence-electron chi connectivity index (χ3n) is 9.88. The zero-order valence-electron chi connectivity index (χ0n) is 35.5. The molecule has 0 aliphatic heterocycles. The van der Waals surface area contributed by atoms with Crippen molar-refractivity contribution in [3.05, 3.63) is 0 Å². The first-order chi connectivity index (χ1) is 25.5. The van der Waals surface area contributed by atoms with Gasteiger partial charge in [-0.15, -0.1) is 0 Å². The van der Waals surface area contributed by atoms with Gasteiger partial charge in [-0.05, 0) is 12.8 Å². The van der Waals surface area contributed by atoms with Gasteiger partial charge in [-0.1, -0.05) is 187 Å². The molecule has 0 spiro atoms. The molecule has 53 heavy (non-hydrogen) atoms. The number of carbonyl (C=O) groups is 2. The van der Waals surface area contributed by atoms with E-state index in [1.54, 1.807) is 0 Å². The molecule has 9 nitrogen and oxygen atoms in total. The Morgan fingerprint density at radius 1 is 0.509 bits per heavy atom. The van der Waals surface area contributed by atoms with Gasteiger partial charge in [0.25, 0.3) is 7.82 Å². The number of esters is 2. The van der Waals surface area contributed by atoms with E-state index in [1.807, 2.05) is 21.1 Å². The number of hydrogen-bond acceptors (Lipinski definition) is 8. The Bertz CT molecular complexity index is 881. The first-order valence-electron chi connectivity index (χ1n) is 22.2. The van der Waals surface area contributed by atoms with Crippen LogP contribution in [0.3, 0.4) is 0 Å². The largest absolute Gasteiger partial charge is 0.756 e. The van der Waals surface area contributed by atoms with Crippen LogP contribution in [-0.2, 0) is 32.7 Å². The molecule has 0 rings (SSSR count). The predicted molar refractivity (Wildman–Crippen MR) is 218 cm³/mol. The molecule has 316 valence electrons. The van der Waals surface area contributed by atoms with Crippen LogP contribution >= 0.6 is 7.82 Å². The molecule has 2 unspecified atom stereocenters. The van der Waals surface area contributed by atoms with Gasteiger partial charge in [0.05, 0.1) is 27.7 Å². The average molecular weight is 776 g/mol. The van der Waals surface area contributed by atoms with Crippen LogP contribution in [0.1, 0.15) is 213 Å². The van der Waals surface area contributed by atoms with Gasteiger partial charge in [-0.25, -0.2) is 0 Å². The molecule has 10 heteroatoms. The van der Waals surface area contributed by atoms with Crippen LogP contribution < -0.4 is 4.89 Å². The molecule has 0 aromatic rings. The number of hydrogen-bond donors (Lipinski definition) is 0. The van der Waals surface area contributed by atoms with Gasteiger partial charge in [0, 0.05) is 12.8 Å². The van der Waals surface area contributed by atoms with Crippen molar-refractivity contribution in [2.75, 3.05) is 47.5 Å². The summed E-state index contributed by atoms with van der Waals surface area (Å²) in [7, 11) is 1.18. The molecule has 0 saturated heterocycles. The maximum atomic E-state index is 12.7. The Morgan fingerprint density at radius 2 is 0.849 bits per heavy atom. The third kappa shape index (κ3) is 40.5. The van der Waals surface area contributed by atoms with Crippen LogP contribution in [0.4, 0.5) is 0 Å². The molecule has 0 heterocycles. The zero-order chi connectivity index (χ0) is 39.3. The second kappa shape index (κ2) is 36.6. The highest BCUT2D eigenvalue weighted by Crippen LogP contribution is 2.38. The quantitative estimate of drug-likeness (QED) is 0.0261. The molecule has 0 radical (unpaired) electrons. The smallest absolute Gasteiger partial charge is 0.306 e. The second-order valence-electron chi connectivity index (χ2n) is 16.4. The minimum absolute atomic E-state index is 0.0258. The highest BCUT2D eigenvalue weighted by Gasteiger charge is 2.21. The van der Waals surface area contributed by atoms with E-state index in [0.29, 0.717) is 17.4 Å². The monoisotopic (exact) mass is 776 g/mol. The molecule has 0 aliphatic carbocycles. The molecule has 0 bridgehead atoms. The number of nitrogens with zero attached hydrogens (tertiary/aromatic N) is 1. The summed E-state index contributed by atoms with van der Waals surface area (Å²) in [6.45, 7) is 4.24. The van der Waals surface area contributed by atoms with Crippen LogP contribution in [0, 0.1) is 0 Å². The number of phosphoric ester groups is 1. The van der Waals surface area contributed by atoms with Crippen molar-refractivity contribution < 1.29 is 42.1 Å². The summed E-state index contributed by atoms with van der Waals surface area (Å²) in [5.74, 6) is -0.822. The van der Waals surface area contributed by atoms with Gasteiger partial charge < -0.3 is 27.9 Å².